The first-order valence-electron chi connectivity index (χ1n) is 9.24. The summed E-state index contributed by atoms with van der Waals surface area (Å²) in [6.45, 7) is 1.11. The van der Waals surface area contributed by atoms with Crippen molar-refractivity contribution in [1.82, 2.24) is 4.90 Å². The Labute approximate surface area is 178 Å². The zero-order valence-corrected chi connectivity index (χ0v) is 17.1. The van der Waals surface area contributed by atoms with Crippen molar-refractivity contribution in [3.8, 4) is 5.75 Å². The number of nitrogens with zero attached hydrogens (tertiary/aromatic N) is 1. The Morgan fingerprint density at radius 1 is 1.00 bits per heavy atom. The summed E-state index contributed by atoms with van der Waals surface area (Å²) in [6, 6.07) is 10.5. The zero-order valence-electron chi connectivity index (χ0n) is 15.6. The number of halogens is 3. The average Bonchev–Trinajstić information content (AvgIpc) is 2.73. The van der Waals surface area contributed by atoms with E-state index in [1.807, 2.05) is 0 Å². The summed E-state index contributed by atoms with van der Waals surface area (Å²) < 4.78 is 23.8. The molecule has 0 atom stereocenters. The van der Waals surface area contributed by atoms with Crippen LogP contribution in [0.2, 0.25) is 10.0 Å². The summed E-state index contributed by atoms with van der Waals surface area (Å²) in [5, 5.41) is 0.782. The second kappa shape index (κ2) is 9.94. The minimum absolute atomic E-state index is 0.0785. The number of amides is 1. The highest BCUT2D eigenvalue weighted by Crippen LogP contribution is 2.32. The van der Waals surface area contributed by atoms with Gasteiger partial charge in [-0.3, -0.25) is 9.59 Å². The molecule has 0 aromatic heterocycles. The van der Waals surface area contributed by atoms with Crippen molar-refractivity contribution in [1.29, 1.82) is 0 Å². The third-order valence-corrected chi connectivity index (χ3v) is 5.29. The molecule has 8 heteroatoms. The molecule has 29 heavy (non-hydrogen) atoms. The predicted molar refractivity (Wildman–Crippen MR) is 108 cm³/mol. The topological polar surface area (TPSA) is 55.8 Å². The minimum atomic E-state index is -0.385. The fraction of sp³-hybridized carbons (Fsp3) is 0.333. The van der Waals surface area contributed by atoms with Gasteiger partial charge in [-0.05, 0) is 49.2 Å². The number of carbonyl (C=O) groups is 2. The van der Waals surface area contributed by atoms with Crippen LogP contribution in [0.4, 0.5) is 4.39 Å². The molecule has 5 nitrogen and oxygen atoms in total. The van der Waals surface area contributed by atoms with Gasteiger partial charge in [0.2, 0.25) is 0 Å². The van der Waals surface area contributed by atoms with Gasteiger partial charge in [-0.25, -0.2) is 4.39 Å². The molecule has 0 N–H and O–H groups in total. The van der Waals surface area contributed by atoms with Crippen LogP contribution in [-0.4, -0.2) is 43.1 Å². The molecule has 0 unspecified atom stereocenters. The van der Waals surface area contributed by atoms with Gasteiger partial charge in [0, 0.05) is 18.7 Å². The van der Waals surface area contributed by atoms with Crippen LogP contribution in [0.5, 0.6) is 5.75 Å². The van der Waals surface area contributed by atoms with Crippen molar-refractivity contribution in [3.63, 3.8) is 0 Å². The molecule has 0 aliphatic carbocycles. The molecule has 1 aliphatic heterocycles. The number of para-hydroxylation sites is 1. The lowest BCUT2D eigenvalue weighted by atomic mass is 9.96. The molecule has 1 saturated heterocycles. The Bertz CT molecular complexity index is 847. The van der Waals surface area contributed by atoms with Crippen LogP contribution in [0.15, 0.2) is 42.5 Å². The molecule has 1 aliphatic rings. The molecule has 154 valence electrons. The Morgan fingerprint density at radius 3 is 2.24 bits per heavy atom. The highest BCUT2D eigenvalue weighted by molar-refractivity contribution is 6.37. The van der Waals surface area contributed by atoms with Gasteiger partial charge in [0.25, 0.3) is 5.91 Å². The number of rotatable bonds is 6. The second-order valence-corrected chi connectivity index (χ2v) is 7.45. The van der Waals surface area contributed by atoms with E-state index >= 15 is 0 Å². The lowest BCUT2D eigenvalue weighted by Crippen LogP contribution is -2.40. The van der Waals surface area contributed by atoms with Gasteiger partial charge in [-0.15, -0.1) is 0 Å². The fourth-order valence-electron chi connectivity index (χ4n) is 3.12. The van der Waals surface area contributed by atoms with Crippen molar-refractivity contribution in [2.75, 3.05) is 26.3 Å². The monoisotopic (exact) mass is 439 g/mol. The number of hydrogen-bond donors (Lipinski definition) is 0. The Balaban J connectivity index is 1.41. The van der Waals surface area contributed by atoms with Gasteiger partial charge < -0.3 is 14.4 Å². The molecule has 1 amide bonds. The SMILES string of the molecule is O=C(OCCOc1c(Cl)cccc1Cl)C1CCN(C(=O)c2ccc(F)cc2)CC1. The highest BCUT2D eigenvalue weighted by atomic mass is 35.5. The van der Waals surface area contributed by atoms with Gasteiger partial charge >= 0.3 is 5.97 Å². The standard InChI is InChI=1S/C21H20Cl2FNO4/c22-17-2-1-3-18(23)19(17)28-12-13-29-21(27)15-8-10-25(11-9-15)20(26)14-4-6-16(24)7-5-14/h1-7,15H,8-13H2. The molecule has 2 aromatic carbocycles. The van der Waals surface area contributed by atoms with Gasteiger partial charge in [0.15, 0.2) is 5.75 Å². The summed E-state index contributed by atoms with van der Waals surface area (Å²) in [7, 11) is 0. The highest BCUT2D eigenvalue weighted by Gasteiger charge is 2.28. The van der Waals surface area contributed by atoms with E-state index in [4.69, 9.17) is 32.7 Å². The van der Waals surface area contributed by atoms with E-state index in [2.05, 4.69) is 0 Å². The van der Waals surface area contributed by atoms with Crippen molar-refractivity contribution in [2.24, 2.45) is 5.92 Å². The second-order valence-electron chi connectivity index (χ2n) is 6.64. The molecule has 0 bridgehead atoms. The van der Waals surface area contributed by atoms with Crippen molar-refractivity contribution in [3.05, 3.63) is 63.9 Å². The number of likely N-dealkylation sites (tertiary alicyclic amines) is 1. The van der Waals surface area contributed by atoms with Crippen molar-refractivity contribution in [2.45, 2.75) is 12.8 Å². The molecule has 2 aromatic rings. The Morgan fingerprint density at radius 2 is 1.62 bits per heavy atom. The van der Waals surface area contributed by atoms with Crippen molar-refractivity contribution < 1.29 is 23.5 Å². The van der Waals surface area contributed by atoms with E-state index in [1.54, 1.807) is 23.1 Å². The van der Waals surface area contributed by atoms with Gasteiger partial charge in [-0.1, -0.05) is 29.3 Å². The Kier molecular flexibility index (Phi) is 7.34. The number of piperidine rings is 1. The van der Waals surface area contributed by atoms with Crippen molar-refractivity contribution >= 4 is 35.1 Å². The average molecular weight is 440 g/mol. The minimum Gasteiger partial charge on any atom is -0.487 e. The molecular formula is C21H20Cl2FNO4. The molecular weight excluding hydrogens is 420 g/mol. The number of carbonyl (C=O) groups excluding carboxylic acids is 2. The van der Waals surface area contributed by atoms with E-state index in [1.165, 1.54) is 24.3 Å². The molecule has 1 fully saturated rings. The van der Waals surface area contributed by atoms with E-state index in [-0.39, 0.29) is 36.8 Å². The van der Waals surface area contributed by atoms with Crippen LogP contribution in [0.25, 0.3) is 0 Å². The molecule has 0 radical (unpaired) electrons. The molecule has 3 rings (SSSR count). The van der Waals surface area contributed by atoms with Crippen LogP contribution in [0, 0.1) is 11.7 Å². The third-order valence-electron chi connectivity index (χ3n) is 4.70. The van der Waals surface area contributed by atoms with Crippen LogP contribution < -0.4 is 4.74 Å². The largest absolute Gasteiger partial charge is 0.487 e. The maximum atomic E-state index is 13.0. The van der Waals surface area contributed by atoms with Crippen LogP contribution in [0.3, 0.4) is 0 Å². The summed E-state index contributed by atoms with van der Waals surface area (Å²) in [4.78, 5) is 26.4. The third kappa shape index (κ3) is 5.61. The first-order valence-corrected chi connectivity index (χ1v) is 9.99. The lowest BCUT2D eigenvalue weighted by molar-refractivity contribution is -0.150. The van der Waals surface area contributed by atoms with Gasteiger partial charge in [0.1, 0.15) is 19.0 Å². The normalized spacial score (nSPS) is 14.5. The first-order chi connectivity index (χ1) is 14.0. The smallest absolute Gasteiger partial charge is 0.309 e. The quantitative estimate of drug-likeness (QED) is 0.487. The van der Waals surface area contributed by atoms with E-state index in [9.17, 15) is 14.0 Å². The molecule has 1 heterocycles. The summed E-state index contributed by atoms with van der Waals surface area (Å²) in [5.41, 5.74) is 0.433. The Hall–Kier alpha value is -2.31. The van der Waals surface area contributed by atoms with E-state index in [0.29, 0.717) is 47.3 Å². The number of ether oxygens (including phenoxy) is 2. The maximum absolute atomic E-state index is 13.0. The van der Waals surface area contributed by atoms with Crippen LogP contribution >= 0.6 is 23.2 Å². The van der Waals surface area contributed by atoms with Gasteiger partial charge in [0.05, 0.1) is 16.0 Å². The number of esters is 1. The van der Waals surface area contributed by atoms with Gasteiger partial charge in [-0.2, -0.15) is 0 Å². The lowest BCUT2D eigenvalue weighted by Gasteiger charge is -2.31. The predicted octanol–water partition coefficient (Wildman–Crippen LogP) is 4.61. The van der Waals surface area contributed by atoms with Crippen LogP contribution in [0.1, 0.15) is 23.2 Å². The maximum Gasteiger partial charge on any atom is 0.309 e. The van der Waals surface area contributed by atoms with E-state index < -0.39 is 0 Å². The zero-order chi connectivity index (χ0) is 20.8. The summed E-state index contributed by atoms with van der Waals surface area (Å²) in [6.07, 6.45) is 1.03. The first kappa shape index (κ1) is 21.4. The fourth-order valence-corrected chi connectivity index (χ4v) is 3.62. The molecule has 0 spiro atoms. The van der Waals surface area contributed by atoms with Crippen LogP contribution in [-0.2, 0) is 9.53 Å². The summed E-state index contributed by atoms with van der Waals surface area (Å²) >= 11 is 12.0. The number of benzene rings is 2. The number of hydrogen-bond acceptors (Lipinski definition) is 4. The van der Waals surface area contributed by atoms with E-state index in [0.717, 1.165) is 0 Å². The molecule has 0 saturated carbocycles. The summed E-state index contributed by atoms with van der Waals surface area (Å²) in [5.74, 6) is -0.769.